The number of alkyl halides is 3. The number of hydrogen-bond donors (Lipinski definition) is 1. The van der Waals surface area contributed by atoms with Gasteiger partial charge < -0.3 is 24.2 Å². The van der Waals surface area contributed by atoms with Crippen LogP contribution in [0.5, 0.6) is 5.75 Å². The monoisotopic (exact) mass is 456 g/mol. The lowest BCUT2D eigenvalue weighted by Gasteiger charge is -2.26. The Balaban J connectivity index is 0.000000451. The fourth-order valence-corrected chi connectivity index (χ4v) is 3.39. The Kier molecular flexibility index (Phi) is 8.64. The van der Waals surface area contributed by atoms with Gasteiger partial charge in [0.25, 0.3) is 0 Å². The molecule has 1 aromatic carbocycles. The van der Waals surface area contributed by atoms with E-state index in [-0.39, 0.29) is 5.91 Å². The molecule has 1 aromatic heterocycles. The fourth-order valence-electron chi connectivity index (χ4n) is 3.39. The van der Waals surface area contributed by atoms with Crippen LogP contribution in [0, 0.1) is 5.92 Å². The lowest BCUT2D eigenvalue weighted by molar-refractivity contribution is -0.192. The standard InChI is InChI=1S/C19H26N4O2.C2HF3O2/c1-21(2)11-16-12-22-9-8-20-18(22)14-23(13-16)19(24)10-15-4-6-17(25-3)7-5-15;3-2(4,5)1(6)7/h4-9,16H,10-14H2,1-3H3;(H,6,7). The number of methoxy groups -OCH3 is 1. The van der Waals surface area contributed by atoms with Crippen molar-refractivity contribution in [1.29, 1.82) is 0 Å². The minimum absolute atomic E-state index is 0.144. The van der Waals surface area contributed by atoms with Crippen molar-refractivity contribution in [3.05, 3.63) is 48.0 Å². The van der Waals surface area contributed by atoms with Gasteiger partial charge in [-0.15, -0.1) is 0 Å². The summed E-state index contributed by atoms with van der Waals surface area (Å²) >= 11 is 0. The third-order valence-corrected chi connectivity index (χ3v) is 4.80. The second kappa shape index (κ2) is 11.0. The number of hydrogen-bond acceptors (Lipinski definition) is 5. The SMILES string of the molecule is COc1ccc(CC(=O)N2Cc3nccn3CC(CN(C)C)C2)cc1.O=C(O)C(F)(F)F. The van der Waals surface area contributed by atoms with Crippen molar-refractivity contribution >= 4 is 11.9 Å². The molecule has 8 nitrogen and oxygen atoms in total. The van der Waals surface area contributed by atoms with Gasteiger partial charge in [0.05, 0.1) is 20.1 Å². The van der Waals surface area contributed by atoms with E-state index in [2.05, 4.69) is 28.5 Å². The van der Waals surface area contributed by atoms with Crippen LogP contribution in [0.3, 0.4) is 0 Å². The zero-order chi connectivity index (χ0) is 23.9. The molecule has 0 radical (unpaired) electrons. The van der Waals surface area contributed by atoms with Crippen LogP contribution in [-0.4, -0.2) is 76.8 Å². The number of ether oxygens (including phenoxy) is 1. The summed E-state index contributed by atoms with van der Waals surface area (Å²) in [6, 6.07) is 7.69. The highest BCUT2D eigenvalue weighted by molar-refractivity contribution is 5.78. The van der Waals surface area contributed by atoms with Crippen LogP contribution in [-0.2, 0) is 29.1 Å². The van der Waals surface area contributed by atoms with E-state index in [9.17, 15) is 18.0 Å². The molecule has 1 aliphatic heterocycles. The molecule has 32 heavy (non-hydrogen) atoms. The highest BCUT2D eigenvalue weighted by atomic mass is 19.4. The molecular weight excluding hydrogens is 429 g/mol. The molecule has 1 N–H and O–H groups in total. The minimum Gasteiger partial charge on any atom is -0.497 e. The largest absolute Gasteiger partial charge is 0.497 e. The van der Waals surface area contributed by atoms with Gasteiger partial charge in [-0.3, -0.25) is 4.79 Å². The molecule has 0 fully saturated rings. The van der Waals surface area contributed by atoms with E-state index in [1.165, 1.54) is 0 Å². The van der Waals surface area contributed by atoms with E-state index in [1.807, 2.05) is 41.6 Å². The van der Waals surface area contributed by atoms with Crippen molar-refractivity contribution in [1.82, 2.24) is 19.4 Å². The molecule has 2 aromatic rings. The lowest BCUT2D eigenvalue weighted by atomic mass is 10.1. The van der Waals surface area contributed by atoms with Crippen LogP contribution in [0.25, 0.3) is 0 Å². The number of rotatable bonds is 5. The van der Waals surface area contributed by atoms with Gasteiger partial charge in [0.15, 0.2) is 0 Å². The molecule has 1 amide bonds. The summed E-state index contributed by atoms with van der Waals surface area (Å²) in [4.78, 5) is 30.3. The summed E-state index contributed by atoms with van der Waals surface area (Å²) < 4.78 is 39.1. The number of carbonyl (C=O) groups is 2. The Bertz CT molecular complexity index is 897. The summed E-state index contributed by atoms with van der Waals surface area (Å²) in [6.07, 6.45) is -0.853. The molecule has 0 saturated heterocycles. The summed E-state index contributed by atoms with van der Waals surface area (Å²) in [6.45, 7) is 3.19. The predicted octanol–water partition coefficient (Wildman–Crippen LogP) is 2.29. The Morgan fingerprint density at radius 1 is 1.22 bits per heavy atom. The summed E-state index contributed by atoms with van der Waals surface area (Å²) in [5, 5.41) is 7.12. The van der Waals surface area contributed by atoms with Crippen LogP contribution in [0.4, 0.5) is 13.2 Å². The highest BCUT2D eigenvalue weighted by Gasteiger charge is 2.38. The van der Waals surface area contributed by atoms with Gasteiger partial charge in [-0.2, -0.15) is 13.2 Å². The van der Waals surface area contributed by atoms with Crippen LogP contribution < -0.4 is 4.74 Å². The number of carboxylic acids is 1. The van der Waals surface area contributed by atoms with Crippen LogP contribution in [0.15, 0.2) is 36.7 Å². The Morgan fingerprint density at radius 3 is 2.38 bits per heavy atom. The van der Waals surface area contributed by atoms with E-state index in [0.717, 1.165) is 36.8 Å². The van der Waals surface area contributed by atoms with E-state index >= 15 is 0 Å². The highest BCUT2D eigenvalue weighted by Crippen LogP contribution is 2.18. The zero-order valence-corrected chi connectivity index (χ0v) is 18.2. The number of benzene rings is 1. The van der Waals surface area contributed by atoms with Crippen LogP contribution in [0.2, 0.25) is 0 Å². The van der Waals surface area contributed by atoms with Crippen molar-refractivity contribution in [3.8, 4) is 5.75 Å². The van der Waals surface area contributed by atoms with Gasteiger partial charge in [-0.1, -0.05) is 12.1 Å². The number of carbonyl (C=O) groups excluding carboxylic acids is 1. The third-order valence-electron chi connectivity index (χ3n) is 4.80. The number of carboxylic acid groups (broad SMARTS) is 1. The average Bonchev–Trinajstić information content (AvgIpc) is 3.06. The Morgan fingerprint density at radius 2 is 1.84 bits per heavy atom. The quantitative estimate of drug-likeness (QED) is 0.743. The summed E-state index contributed by atoms with van der Waals surface area (Å²) in [7, 11) is 5.79. The molecule has 3 rings (SSSR count). The molecule has 1 aliphatic rings. The number of nitrogens with zero attached hydrogens (tertiary/aromatic N) is 4. The molecule has 0 saturated carbocycles. The summed E-state index contributed by atoms with van der Waals surface area (Å²) in [5.74, 6) is -0.452. The van der Waals surface area contributed by atoms with Crippen molar-refractivity contribution in [2.24, 2.45) is 5.92 Å². The Labute approximate surface area is 184 Å². The second-order valence-corrected chi connectivity index (χ2v) is 7.73. The number of amides is 1. The number of aliphatic carboxylic acids is 1. The number of aromatic nitrogens is 2. The van der Waals surface area contributed by atoms with E-state index in [4.69, 9.17) is 14.6 Å². The Hall–Kier alpha value is -3.08. The third kappa shape index (κ3) is 7.56. The van der Waals surface area contributed by atoms with Gasteiger partial charge in [-0.05, 0) is 31.8 Å². The predicted molar refractivity (Wildman–Crippen MR) is 110 cm³/mol. The van der Waals surface area contributed by atoms with Gasteiger partial charge >= 0.3 is 12.1 Å². The first kappa shape index (κ1) is 25.2. The molecule has 11 heteroatoms. The fraction of sp³-hybridized carbons (Fsp3) is 0.476. The maximum atomic E-state index is 12.9. The lowest BCUT2D eigenvalue weighted by Crippen LogP contribution is -2.38. The molecule has 176 valence electrons. The molecule has 0 aliphatic carbocycles. The maximum absolute atomic E-state index is 12.9. The van der Waals surface area contributed by atoms with Gasteiger partial charge in [0.2, 0.25) is 5.91 Å². The molecular formula is C21H27F3N4O4. The van der Waals surface area contributed by atoms with Crippen LogP contribution >= 0.6 is 0 Å². The number of imidazole rings is 1. The molecule has 0 bridgehead atoms. The number of halogens is 3. The summed E-state index contributed by atoms with van der Waals surface area (Å²) in [5.41, 5.74) is 1.00. The second-order valence-electron chi connectivity index (χ2n) is 7.73. The number of fused-ring (bicyclic) bond motifs is 1. The maximum Gasteiger partial charge on any atom is 0.490 e. The van der Waals surface area contributed by atoms with Gasteiger partial charge in [-0.25, -0.2) is 9.78 Å². The van der Waals surface area contributed by atoms with Crippen molar-refractivity contribution in [2.45, 2.75) is 25.7 Å². The smallest absolute Gasteiger partial charge is 0.490 e. The van der Waals surface area contributed by atoms with E-state index < -0.39 is 12.1 Å². The van der Waals surface area contributed by atoms with Crippen LogP contribution in [0.1, 0.15) is 11.4 Å². The van der Waals surface area contributed by atoms with E-state index in [1.54, 1.807) is 7.11 Å². The molecule has 1 atom stereocenters. The first-order valence-corrected chi connectivity index (χ1v) is 9.85. The topological polar surface area (TPSA) is 87.9 Å². The molecule has 2 heterocycles. The first-order chi connectivity index (χ1) is 15.0. The first-order valence-electron chi connectivity index (χ1n) is 9.85. The van der Waals surface area contributed by atoms with Crippen molar-refractivity contribution < 1.29 is 32.6 Å². The van der Waals surface area contributed by atoms with Crippen molar-refractivity contribution in [2.75, 3.05) is 34.3 Å². The normalized spacial score (nSPS) is 16.0. The van der Waals surface area contributed by atoms with Gasteiger partial charge in [0.1, 0.15) is 11.6 Å². The van der Waals surface area contributed by atoms with Gasteiger partial charge in [0, 0.05) is 37.9 Å². The average molecular weight is 456 g/mol. The van der Waals surface area contributed by atoms with Crippen molar-refractivity contribution in [3.63, 3.8) is 0 Å². The van der Waals surface area contributed by atoms with E-state index in [0.29, 0.717) is 18.9 Å². The molecule has 1 unspecified atom stereocenters. The molecule has 0 spiro atoms. The minimum atomic E-state index is -5.08. The zero-order valence-electron chi connectivity index (χ0n) is 18.2.